The topological polar surface area (TPSA) is 53.1 Å². The normalized spacial score (nSPS) is 11.1. The van der Waals surface area contributed by atoms with Crippen LogP contribution in [0.5, 0.6) is 0 Å². The smallest absolute Gasteiger partial charge is 0.106 e. The van der Waals surface area contributed by atoms with Crippen LogP contribution in [-0.2, 0) is 18.5 Å². The molecule has 0 aliphatic rings. The maximum absolute atomic E-state index is 5.08. The fraction of sp³-hybridized carbons (Fsp3) is 0.300. The molecule has 0 atom stereocenters. The van der Waals surface area contributed by atoms with Gasteiger partial charge in [0, 0.05) is 12.6 Å². The first kappa shape index (κ1) is 9.18. The molecule has 0 saturated heterocycles. The number of nitrogens with zero attached hydrogens (tertiary/aromatic N) is 2. The highest BCUT2D eigenvalue weighted by Gasteiger charge is 2.07. The predicted octanol–water partition coefficient (Wildman–Crippen LogP) is 1.27. The molecule has 74 valence electrons. The zero-order valence-electron chi connectivity index (χ0n) is 8.32. The van der Waals surface area contributed by atoms with Crippen molar-refractivity contribution in [2.45, 2.75) is 13.5 Å². The third-order valence-corrected chi connectivity index (χ3v) is 2.44. The van der Waals surface area contributed by atoms with Crippen molar-refractivity contribution in [1.82, 2.24) is 9.55 Å². The summed E-state index contributed by atoms with van der Waals surface area (Å²) in [5.74, 6) is 6.07. The maximum Gasteiger partial charge on any atom is 0.106 e. The molecule has 0 fully saturated rings. The standard InChI is InChI=1S/C10H13N3O/c1-7-12-9-5-3-4-8(6-14-11)10(9)13(7)2/h3-5H,6,11H2,1-2H3. The molecule has 0 radical (unpaired) electrons. The Morgan fingerprint density at radius 1 is 1.50 bits per heavy atom. The molecule has 14 heavy (non-hydrogen) atoms. The molecule has 2 rings (SSSR count). The van der Waals surface area contributed by atoms with Crippen LogP contribution in [0.2, 0.25) is 0 Å². The molecule has 1 aromatic heterocycles. The molecule has 0 aliphatic carbocycles. The number of para-hydroxylation sites is 1. The lowest BCUT2D eigenvalue weighted by atomic mass is 10.2. The van der Waals surface area contributed by atoms with E-state index >= 15 is 0 Å². The Kier molecular flexibility index (Phi) is 2.23. The van der Waals surface area contributed by atoms with Gasteiger partial charge in [-0.05, 0) is 13.0 Å². The fourth-order valence-electron chi connectivity index (χ4n) is 1.67. The zero-order valence-corrected chi connectivity index (χ0v) is 8.32. The molecular weight excluding hydrogens is 178 g/mol. The number of nitrogens with two attached hydrogens (primary N) is 1. The number of aromatic nitrogens is 2. The van der Waals surface area contributed by atoms with E-state index < -0.39 is 0 Å². The van der Waals surface area contributed by atoms with Gasteiger partial charge in [0.15, 0.2) is 0 Å². The van der Waals surface area contributed by atoms with Gasteiger partial charge in [0.2, 0.25) is 0 Å². The van der Waals surface area contributed by atoms with Crippen molar-refractivity contribution in [3.63, 3.8) is 0 Å². The van der Waals surface area contributed by atoms with Gasteiger partial charge in [0.05, 0.1) is 17.6 Å². The average molecular weight is 191 g/mol. The minimum Gasteiger partial charge on any atom is -0.331 e. The average Bonchev–Trinajstić information content (AvgIpc) is 2.45. The van der Waals surface area contributed by atoms with Gasteiger partial charge in [-0.3, -0.25) is 4.84 Å². The first-order valence-electron chi connectivity index (χ1n) is 4.46. The van der Waals surface area contributed by atoms with E-state index in [-0.39, 0.29) is 0 Å². The van der Waals surface area contributed by atoms with Gasteiger partial charge in [0.25, 0.3) is 0 Å². The van der Waals surface area contributed by atoms with E-state index in [1.54, 1.807) is 0 Å². The minimum absolute atomic E-state index is 0.413. The summed E-state index contributed by atoms with van der Waals surface area (Å²) in [7, 11) is 1.99. The van der Waals surface area contributed by atoms with Crippen molar-refractivity contribution >= 4 is 11.0 Å². The molecule has 1 aromatic carbocycles. The van der Waals surface area contributed by atoms with Gasteiger partial charge in [-0.25, -0.2) is 10.9 Å². The summed E-state index contributed by atoms with van der Waals surface area (Å²) < 4.78 is 2.05. The van der Waals surface area contributed by atoms with Gasteiger partial charge in [0.1, 0.15) is 5.82 Å². The van der Waals surface area contributed by atoms with Crippen molar-refractivity contribution in [3.05, 3.63) is 29.6 Å². The van der Waals surface area contributed by atoms with E-state index in [2.05, 4.69) is 9.82 Å². The van der Waals surface area contributed by atoms with Crippen molar-refractivity contribution in [2.75, 3.05) is 0 Å². The summed E-state index contributed by atoms with van der Waals surface area (Å²) in [5, 5.41) is 0. The fourth-order valence-corrected chi connectivity index (χ4v) is 1.67. The molecule has 0 aliphatic heterocycles. The number of aryl methyl sites for hydroxylation is 2. The quantitative estimate of drug-likeness (QED) is 0.727. The Morgan fingerprint density at radius 3 is 3.00 bits per heavy atom. The molecule has 0 spiro atoms. The van der Waals surface area contributed by atoms with Crippen LogP contribution in [0, 0.1) is 6.92 Å². The summed E-state index contributed by atoms with van der Waals surface area (Å²) in [6.07, 6.45) is 0. The molecule has 0 unspecified atom stereocenters. The Bertz CT molecular complexity index is 462. The summed E-state index contributed by atoms with van der Waals surface area (Å²) >= 11 is 0. The van der Waals surface area contributed by atoms with Gasteiger partial charge in [-0.2, -0.15) is 0 Å². The number of fused-ring (bicyclic) bond motifs is 1. The number of rotatable bonds is 2. The van der Waals surface area contributed by atoms with Crippen LogP contribution in [0.1, 0.15) is 11.4 Å². The first-order chi connectivity index (χ1) is 6.74. The van der Waals surface area contributed by atoms with Crippen LogP contribution in [0.25, 0.3) is 11.0 Å². The van der Waals surface area contributed by atoms with Crippen LogP contribution in [0.3, 0.4) is 0 Å². The lowest BCUT2D eigenvalue weighted by molar-refractivity contribution is 0.125. The second kappa shape index (κ2) is 3.40. The summed E-state index contributed by atoms with van der Waals surface area (Å²) in [5.41, 5.74) is 3.14. The van der Waals surface area contributed by atoms with E-state index in [9.17, 15) is 0 Å². The van der Waals surface area contributed by atoms with E-state index in [0.717, 1.165) is 22.4 Å². The number of benzene rings is 1. The van der Waals surface area contributed by atoms with Crippen molar-refractivity contribution in [3.8, 4) is 0 Å². The zero-order chi connectivity index (χ0) is 10.1. The Hall–Kier alpha value is -1.39. The van der Waals surface area contributed by atoms with Gasteiger partial charge < -0.3 is 4.57 Å². The largest absolute Gasteiger partial charge is 0.331 e. The lowest BCUT2D eigenvalue weighted by Crippen LogP contribution is -2.01. The highest BCUT2D eigenvalue weighted by Crippen LogP contribution is 2.19. The van der Waals surface area contributed by atoms with Crippen LogP contribution in [0.15, 0.2) is 18.2 Å². The molecule has 4 heteroatoms. The van der Waals surface area contributed by atoms with Crippen LogP contribution in [0.4, 0.5) is 0 Å². The SMILES string of the molecule is Cc1nc2cccc(CON)c2n1C. The van der Waals surface area contributed by atoms with E-state index in [1.165, 1.54) is 0 Å². The van der Waals surface area contributed by atoms with Crippen LogP contribution >= 0.6 is 0 Å². The molecular formula is C10H13N3O. The van der Waals surface area contributed by atoms with E-state index in [0.29, 0.717) is 6.61 Å². The molecule has 0 bridgehead atoms. The van der Waals surface area contributed by atoms with Gasteiger partial charge in [-0.15, -0.1) is 0 Å². The van der Waals surface area contributed by atoms with Crippen LogP contribution < -0.4 is 5.90 Å². The van der Waals surface area contributed by atoms with E-state index in [4.69, 9.17) is 5.90 Å². The van der Waals surface area contributed by atoms with Gasteiger partial charge in [-0.1, -0.05) is 12.1 Å². The Morgan fingerprint density at radius 2 is 2.29 bits per heavy atom. The third-order valence-electron chi connectivity index (χ3n) is 2.44. The highest BCUT2D eigenvalue weighted by atomic mass is 16.6. The second-order valence-corrected chi connectivity index (χ2v) is 3.31. The molecule has 2 aromatic rings. The highest BCUT2D eigenvalue weighted by molar-refractivity contribution is 5.79. The molecule has 0 saturated carbocycles. The monoisotopic (exact) mass is 191 g/mol. The Labute approximate surface area is 82.3 Å². The van der Waals surface area contributed by atoms with Gasteiger partial charge >= 0.3 is 0 Å². The van der Waals surface area contributed by atoms with E-state index in [1.807, 2.05) is 36.7 Å². The first-order valence-corrected chi connectivity index (χ1v) is 4.46. The maximum atomic E-state index is 5.08. The number of hydrogen-bond acceptors (Lipinski definition) is 3. The molecule has 4 nitrogen and oxygen atoms in total. The summed E-state index contributed by atoms with van der Waals surface area (Å²) in [6, 6.07) is 5.95. The third kappa shape index (κ3) is 1.29. The van der Waals surface area contributed by atoms with Crippen LogP contribution in [-0.4, -0.2) is 9.55 Å². The molecule has 2 N–H and O–H groups in total. The van der Waals surface area contributed by atoms with Crippen molar-refractivity contribution in [2.24, 2.45) is 12.9 Å². The van der Waals surface area contributed by atoms with Crippen molar-refractivity contribution < 1.29 is 4.84 Å². The predicted molar refractivity (Wildman–Crippen MR) is 54.4 cm³/mol. The molecule has 1 heterocycles. The number of hydrogen-bond donors (Lipinski definition) is 1. The molecule has 0 amide bonds. The summed E-state index contributed by atoms with van der Waals surface area (Å²) in [6.45, 7) is 2.39. The lowest BCUT2D eigenvalue weighted by Gasteiger charge is -2.03. The minimum atomic E-state index is 0.413. The van der Waals surface area contributed by atoms with Crippen molar-refractivity contribution in [1.29, 1.82) is 0 Å². The number of imidazole rings is 1. The second-order valence-electron chi connectivity index (χ2n) is 3.31. The summed E-state index contributed by atoms with van der Waals surface area (Å²) in [4.78, 5) is 9.08. The Balaban J connectivity index is 2.71.